The Bertz CT molecular complexity index is 172. The molecule has 0 aromatic carbocycles. The molecular formula is C5H4F7O. The van der Waals surface area contributed by atoms with E-state index in [9.17, 15) is 30.7 Å². The van der Waals surface area contributed by atoms with Crippen LogP contribution in [0.1, 0.15) is 0 Å². The molecule has 0 atom stereocenters. The summed E-state index contributed by atoms with van der Waals surface area (Å²) >= 11 is 0. The molecule has 0 aliphatic heterocycles. The van der Waals surface area contributed by atoms with Crippen molar-refractivity contribution >= 4 is 0 Å². The molecule has 0 rings (SSSR count). The number of hydrogen-bond donors (Lipinski definition) is 0. The lowest BCUT2D eigenvalue weighted by molar-refractivity contribution is -0.359. The third-order valence-corrected chi connectivity index (χ3v) is 1.10. The molecule has 1 radical (unpaired) electrons. The number of rotatable bonds is 3. The van der Waals surface area contributed by atoms with Crippen molar-refractivity contribution in [2.24, 2.45) is 0 Å². The lowest BCUT2D eigenvalue weighted by atomic mass is 10.2. The van der Waals surface area contributed by atoms with Gasteiger partial charge in [0.2, 0.25) is 0 Å². The minimum atomic E-state index is -6.31. The van der Waals surface area contributed by atoms with E-state index in [0.717, 1.165) is 0 Å². The second kappa shape index (κ2) is 3.32. The molecule has 0 aromatic heterocycles. The van der Waals surface area contributed by atoms with Gasteiger partial charge >= 0.3 is 18.0 Å². The van der Waals surface area contributed by atoms with Gasteiger partial charge in [-0.1, -0.05) is 0 Å². The van der Waals surface area contributed by atoms with Crippen molar-refractivity contribution in [3.05, 3.63) is 7.11 Å². The molecule has 0 saturated carbocycles. The van der Waals surface area contributed by atoms with Crippen molar-refractivity contribution in [2.45, 2.75) is 18.0 Å². The Kier molecular flexibility index (Phi) is 3.18. The van der Waals surface area contributed by atoms with E-state index >= 15 is 0 Å². The maximum absolute atomic E-state index is 12.1. The first-order valence-electron chi connectivity index (χ1n) is 2.75. The van der Waals surface area contributed by atoms with Crippen LogP contribution in [0.2, 0.25) is 0 Å². The predicted octanol–water partition coefficient (Wildman–Crippen LogP) is 2.63. The average Bonchev–Trinajstić information content (AvgIpc) is 1.84. The zero-order valence-corrected chi connectivity index (χ0v) is 5.97. The maximum Gasteiger partial charge on any atom is 0.459 e. The van der Waals surface area contributed by atoms with Gasteiger partial charge in [0.15, 0.2) is 0 Å². The summed E-state index contributed by atoms with van der Waals surface area (Å²) < 4.78 is 85.3. The molecule has 0 saturated heterocycles. The monoisotopic (exact) mass is 213 g/mol. The van der Waals surface area contributed by atoms with E-state index in [1.807, 2.05) is 0 Å². The van der Waals surface area contributed by atoms with Crippen molar-refractivity contribution < 1.29 is 35.5 Å². The van der Waals surface area contributed by atoms with Crippen LogP contribution in [0.3, 0.4) is 0 Å². The van der Waals surface area contributed by atoms with E-state index in [-0.39, 0.29) is 0 Å². The number of halogens is 7. The second-order valence-corrected chi connectivity index (χ2v) is 2.13. The Morgan fingerprint density at radius 3 is 1.54 bits per heavy atom. The summed E-state index contributed by atoms with van der Waals surface area (Å²) in [4.78, 5) is 0. The summed E-state index contributed by atoms with van der Waals surface area (Å²) in [5.41, 5.74) is 0. The summed E-state index contributed by atoms with van der Waals surface area (Å²) in [6.07, 6.45) is -6.31. The molecule has 0 aliphatic rings. The van der Waals surface area contributed by atoms with Crippen molar-refractivity contribution in [2.75, 3.05) is 6.61 Å². The van der Waals surface area contributed by atoms with Crippen molar-refractivity contribution in [3.8, 4) is 0 Å². The van der Waals surface area contributed by atoms with E-state index in [0.29, 0.717) is 0 Å². The van der Waals surface area contributed by atoms with Crippen LogP contribution in [0, 0.1) is 7.11 Å². The van der Waals surface area contributed by atoms with Crippen LogP contribution in [0.25, 0.3) is 0 Å². The van der Waals surface area contributed by atoms with Gasteiger partial charge in [0.05, 0.1) is 7.11 Å². The fourth-order valence-electron chi connectivity index (χ4n) is 0.426. The van der Waals surface area contributed by atoms with Gasteiger partial charge in [0, 0.05) is 0 Å². The van der Waals surface area contributed by atoms with Gasteiger partial charge < -0.3 is 4.74 Å². The summed E-state index contributed by atoms with van der Waals surface area (Å²) in [6.45, 7) is -2.10. The van der Waals surface area contributed by atoms with Gasteiger partial charge in [0.25, 0.3) is 0 Å². The zero-order chi connectivity index (χ0) is 10.9. The van der Waals surface area contributed by atoms with Crippen LogP contribution in [0.15, 0.2) is 0 Å². The fraction of sp³-hybridized carbons (Fsp3) is 0.800. The van der Waals surface area contributed by atoms with E-state index < -0.39 is 24.6 Å². The van der Waals surface area contributed by atoms with E-state index in [2.05, 4.69) is 11.8 Å². The summed E-state index contributed by atoms with van der Waals surface area (Å²) in [5, 5.41) is 0. The molecule has 8 heteroatoms. The van der Waals surface area contributed by atoms with Gasteiger partial charge in [0.1, 0.15) is 6.61 Å². The van der Waals surface area contributed by atoms with Gasteiger partial charge in [-0.05, 0) is 0 Å². The Balaban J connectivity index is 4.81. The Labute approximate surface area is 68.5 Å². The molecular weight excluding hydrogens is 209 g/mol. The SMILES string of the molecule is [CH2]OCC(F)(F)C(F)(F)C(F)(F)F. The first-order chi connectivity index (χ1) is 5.56. The summed E-state index contributed by atoms with van der Waals surface area (Å²) in [7, 11) is 2.29. The highest BCUT2D eigenvalue weighted by atomic mass is 19.4. The van der Waals surface area contributed by atoms with Crippen LogP contribution >= 0.6 is 0 Å². The average molecular weight is 213 g/mol. The summed E-state index contributed by atoms with van der Waals surface area (Å²) in [6, 6.07) is 0. The van der Waals surface area contributed by atoms with E-state index in [1.165, 1.54) is 0 Å². The lowest BCUT2D eigenvalue weighted by Gasteiger charge is -2.27. The molecule has 0 aliphatic carbocycles. The third-order valence-electron chi connectivity index (χ3n) is 1.10. The van der Waals surface area contributed by atoms with E-state index in [1.54, 1.807) is 0 Å². The molecule has 1 nitrogen and oxygen atoms in total. The molecule has 13 heavy (non-hydrogen) atoms. The largest absolute Gasteiger partial charge is 0.459 e. The molecule has 0 heterocycles. The second-order valence-electron chi connectivity index (χ2n) is 2.13. The number of alkyl halides is 7. The molecule has 0 unspecified atom stereocenters. The van der Waals surface area contributed by atoms with Crippen molar-refractivity contribution in [1.29, 1.82) is 0 Å². The van der Waals surface area contributed by atoms with Crippen LogP contribution in [0.5, 0.6) is 0 Å². The minimum Gasteiger partial charge on any atom is -0.373 e. The first kappa shape index (κ1) is 12.5. The zero-order valence-electron chi connectivity index (χ0n) is 5.97. The third kappa shape index (κ3) is 2.23. The van der Waals surface area contributed by atoms with E-state index in [4.69, 9.17) is 0 Å². The lowest BCUT2D eigenvalue weighted by Crippen LogP contribution is -2.54. The highest BCUT2D eigenvalue weighted by Gasteiger charge is 2.72. The molecule has 0 N–H and O–H groups in total. The standard InChI is InChI=1S/C5H4F7O/c1-13-2-3(6,7)4(8,9)5(10,11)12/h1-2H2. The molecule has 0 amide bonds. The molecule has 0 bridgehead atoms. The number of ether oxygens (including phenoxy) is 1. The molecule has 0 spiro atoms. The van der Waals surface area contributed by atoms with Gasteiger partial charge in [-0.2, -0.15) is 30.7 Å². The smallest absolute Gasteiger partial charge is 0.373 e. The quantitative estimate of drug-likeness (QED) is 0.654. The Morgan fingerprint density at radius 2 is 1.31 bits per heavy atom. The predicted molar refractivity (Wildman–Crippen MR) is 27.3 cm³/mol. The highest BCUT2D eigenvalue weighted by molar-refractivity contribution is 4.90. The van der Waals surface area contributed by atoms with Crippen LogP contribution in [-0.2, 0) is 4.74 Å². The molecule has 0 fully saturated rings. The maximum atomic E-state index is 12.1. The van der Waals surface area contributed by atoms with Crippen molar-refractivity contribution in [3.63, 3.8) is 0 Å². The normalized spacial score (nSPS) is 14.8. The van der Waals surface area contributed by atoms with Gasteiger partial charge in [-0.15, -0.1) is 0 Å². The van der Waals surface area contributed by atoms with Crippen LogP contribution in [-0.4, -0.2) is 24.6 Å². The number of hydrogen-bond acceptors (Lipinski definition) is 1. The Hall–Kier alpha value is -0.530. The molecule has 79 valence electrons. The first-order valence-corrected chi connectivity index (χ1v) is 2.75. The van der Waals surface area contributed by atoms with Gasteiger partial charge in [-0.3, -0.25) is 0 Å². The Morgan fingerprint density at radius 1 is 0.923 bits per heavy atom. The van der Waals surface area contributed by atoms with Crippen LogP contribution < -0.4 is 0 Å². The van der Waals surface area contributed by atoms with Crippen LogP contribution in [0.4, 0.5) is 30.7 Å². The minimum absolute atomic E-state index is 2.10. The highest BCUT2D eigenvalue weighted by Crippen LogP contribution is 2.46. The summed E-state index contributed by atoms with van der Waals surface area (Å²) in [5.74, 6) is -11.4. The molecule has 0 aromatic rings. The topological polar surface area (TPSA) is 9.23 Å². The van der Waals surface area contributed by atoms with Gasteiger partial charge in [-0.25, -0.2) is 0 Å². The fourth-order valence-corrected chi connectivity index (χ4v) is 0.426. The van der Waals surface area contributed by atoms with Crippen molar-refractivity contribution in [1.82, 2.24) is 0 Å².